The molecule has 1 aliphatic heterocycles. The van der Waals surface area contributed by atoms with E-state index in [1.54, 1.807) is 0 Å². The van der Waals surface area contributed by atoms with E-state index in [4.69, 9.17) is 27.9 Å². The molecular formula is C17H17Cl2NO. The zero-order valence-corrected chi connectivity index (χ0v) is 13.3. The van der Waals surface area contributed by atoms with Crippen LogP contribution in [0.25, 0.3) is 0 Å². The average molecular weight is 322 g/mol. The zero-order valence-electron chi connectivity index (χ0n) is 11.8. The van der Waals surface area contributed by atoms with Gasteiger partial charge in [-0.3, -0.25) is 0 Å². The minimum absolute atomic E-state index is 0.113. The number of rotatable bonds is 4. The van der Waals surface area contributed by atoms with Gasteiger partial charge in [-0.1, -0.05) is 53.5 Å². The Bertz CT molecular complexity index is 619. The number of likely N-dealkylation sites (N-methyl/N-ethyl adjacent to an activating group) is 1. The monoisotopic (exact) mass is 321 g/mol. The van der Waals surface area contributed by atoms with Gasteiger partial charge in [-0.25, -0.2) is 0 Å². The predicted molar refractivity (Wildman–Crippen MR) is 87.6 cm³/mol. The Kier molecular flexibility index (Phi) is 4.39. The van der Waals surface area contributed by atoms with E-state index in [1.165, 1.54) is 5.56 Å². The summed E-state index contributed by atoms with van der Waals surface area (Å²) in [5.74, 6) is 0.986. The highest BCUT2D eigenvalue weighted by Gasteiger charge is 2.29. The molecule has 1 N–H and O–H groups in total. The molecule has 0 saturated carbocycles. The smallest absolute Gasteiger partial charge is 0.123 e. The number of ether oxygens (including phenoxy) is 1. The minimum atomic E-state index is 0.113. The molecule has 1 aliphatic rings. The van der Waals surface area contributed by atoms with E-state index in [9.17, 15) is 0 Å². The molecule has 0 aromatic heterocycles. The third kappa shape index (κ3) is 3.03. The summed E-state index contributed by atoms with van der Waals surface area (Å²) in [5, 5.41) is 4.58. The van der Waals surface area contributed by atoms with Crippen molar-refractivity contribution < 1.29 is 4.74 Å². The maximum atomic E-state index is 6.29. The summed E-state index contributed by atoms with van der Waals surface area (Å²) in [6.45, 7) is 0. The maximum Gasteiger partial charge on any atom is 0.123 e. The Hall–Kier alpha value is -1.22. The second-order valence-electron chi connectivity index (χ2n) is 5.28. The van der Waals surface area contributed by atoms with Crippen LogP contribution in [0.2, 0.25) is 10.0 Å². The van der Waals surface area contributed by atoms with Crippen molar-refractivity contribution in [2.75, 3.05) is 7.05 Å². The molecule has 2 nitrogen and oxygen atoms in total. The summed E-state index contributed by atoms with van der Waals surface area (Å²) < 4.78 is 6.06. The van der Waals surface area contributed by atoms with Gasteiger partial charge in [0.05, 0.1) is 10.0 Å². The molecule has 2 aromatic rings. The fourth-order valence-electron chi connectivity index (χ4n) is 2.80. The SMILES string of the molecule is CNC(Cc1cccc(Cl)c1Cl)C1Cc2ccccc2O1. The van der Waals surface area contributed by atoms with Gasteiger partial charge in [-0.2, -0.15) is 0 Å². The van der Waals surface area contributed by atoms with E-state index in [0.29, 0.717) is 10.0 Å². The van der Waals surface area contributed by atoms with E-state index in [-0.39, 0.29) is 12.1 Å². The fourth-order valence-corrected chi connectivity index (χ4v) is 3.19. The van der Waals surface area contributed by atoms with E-state index in [2.05, 4.69) is 11.4 Å². The second-order valence-corrected chi connectivity index (χ2v) is 6.07. The standard InChI is InChI=1S/C17H17Cl2NO/c1-20-14(9-12-6-4-7-13(18)17(12)19)16-10-11-5-2-3-8-15(11)21-16/h2-8,14,16,20H,9-10H2,1H3. The van der Waals surface area contributed by atoms with Crippen LogP contribution in [-0.2, 0) is 12.8 Å². The predicted octanol–water partition coefficient (Wildman–Crippen LogP) is 4.13. The van der Waals surface area contributed by atoms with Crippen LogP contribution in [0.15, 0.2) is 42.5 Å². The first kappa shape index (κ1) is 14.7. The van der Waals surface area contributed by atoms with Crippen LogP contribution in [0.1, 0.15) is 11.1 Å². The van der Waals surface area contributed by atoms with E-state index in [1.807, 2.05) is 43.4 Å². The molecule has 0 fully saturated rings. The fraction of sp³-hybridized carbons (Fsp3) is 0.294. The second kappa shape index (κ2) is 6.27. The van der Waals surface area contributed by atoms with Crippen LogP contribution in [0, 0.1) is 0 Å². The van der Waals surface area contributed by atoms with Gasteiger partial charge in [0, 0.05) is 12.5 Å². The summed E-state index contributed by atoms with van der Waals surface area (Å²) in [4.78, 5) is 0. The average Bonchev–Trinajstić information content (AvgIpc) is 2.92. The van der Waals surface area contributed by atoms with Gasteiger partial charge in [-0.05, 0) is 36.7 Å². The first-order chi connectivity index (χ1) is 10.2. The van der Waals surface area contributed by atoms with Crippen LogP contribution in [-0.4, -0.2) is 19.2 Å². The molecule has 2 aromatic carbocycles. The highest BCUT2D eigenvalue weighted by molar-refractivity contribution is 6.42. The van der Waals surface area contributed by atoms with Crippen LogP contribution in [0.5, 0.6) is 5.75 Å². The van der Waals surface area contributed by atoms with Crippen molar-refractivity contribution >= 4 is 23.2 Å². The number of benzene rings is 2. The molecule has 21 heavy (non-hydrogen) atoms. The molecule has 4 heteroatoms. The largest absolute Gasteiger partial charge is 0.488 e. The van der Waals surface area contributed by atoms with Crippen molar-refractivity contribution in [3.63, 3.8) is 0 Å². The lowest BCUT2D eigenvalue weighted by molar-refractivity contribution is 0.182. The number of halogens is 2. The Morgan fingerprint density at radius 3 is 2.76 bits per heavy atom. The minimum Gasteiger partial charge on any atom is -0.488 e. The lowest BCUT2D eigenvalue weighted by Gasteiger charge is -2.23. The van der Waals surface area contributed by atoms with Crippen LogP contribution in [0.4, 0.5) is 0 Å². The first-order valence-electron chi connectivity index (χ1n) is 7.03. The molecule has 0 spiro atoms. The molecule has 3 rings (SSSR count). The molecule has 2 unspecified atom stereocenters. The van der Waals surface area contributed by atoms with E-state index >= 15 is 0 Å². The van der Waals surface area contributed by atoms with Gasteiger partial charge >= 0.3 is 0 Å². The molecule has 0 bridgehead atoms. The maximum absolute atomic E-state index is 6.29. The van der Waals surface area contributed by atoms with Gasteiger partial charge in [0.15, 0.2) is 0 Å². The van der Waals surface area contributed by atoms with Gasteiger partial charge < -0.3 is 10.1 Å². The van der Waals surface area contributed by atoms with Gasteiger partial charge in [0.2, 0.25) is 0 Å². The van der Waals surface area contributed by atoms with Crippen LogP contribution in [0.3, 0.4) is 0 Å². The van der Waals surface area contributed by atoms with Gasteiger partial charge in [-0.15, -0.1) is 0 Å². The third-order valence-corrected chi connectivity index (χ3v) is 4.82. The number of hydrogen-bond acceptors (Lipinski definition) is 2. The number of nitrogens with one attached hydrogen (secondary N) is 1. The Morgan fingerprint density at radius 1 is 1.19 bits per heavy atom. The Morgan fingerprint density at radius 2 is 2.00 bits per heavy atom. The van der Waals surface area contributed by atoms with Crippen molar-refractivity contribution in [1.29, 1.82) is 0 Å². The molecule has 1 heterocycles. The lowest BCUT2D eigenvalue weighted by atomic mass is 9.98. The first-order valence-corrected chi connectivity index (χ1v) is 7.79. The number of fused-ring (bicyclic) bond motifs is 1. The normalized spacial score (nSPS) is 18.1. The Labute approximate surface area is 135 Å². The molecule has 0 aliphatic carbocycles. The molecule has 2 atom stereocenters. The van der Waals surface area contributed by atoms with E-state index < -0.39 is 0 Å². The van der Waals surface area contributed by atoms with Crippen molar-refractivity contribution in [2.24, 2.45) is 0 Å². The molecule has 0 amide bonds. The molecule has 0 radical (unpaired) electrons. The summed E-state index contributed by atoms with van der Waals surface area (Å²) in [5.41, 5.74) is 2.31. The van der Waals surface area contributed by atoms with Crippen molar-refractivity contribution in [3.05, 3.63) is 63.6 Å². The summed E-state index contributed by atoms with van der Waals surface area (Å²) in [6, 6.07) is 14.1. The quantitative estimate of drug-likeness (QED) is 0.914. The molecule has 110 valence electrons. The topological polar surface area (TPSA) is 21.3 Å². The Balaban J connectivity index is 1.77. The molecular weight excluding hydrogens is 305 g/mol. The van der Waals surface area contributed by atoms with Crippen LogP contribution >= 0.6 is 23.2 Å². The van der Waals surface area contributed by atoms with Crippen molar-refractivity contribution in [3.8, 4) is 5.75 Å². The van der Waals surface area contributed by atoms with E-state index in [0.717, 1.165) is 24.2 Å². The van der Waals surface area contributed by atoms with Crippen molar-refractivity contribution in [2.45, 2.75) is 25.0 Å². The van der Waals surface area contributed by atoms with Gasteiger partial charge in [0.1, 0.15) is 11.9 Å². The number of hydrogen-bond donors (Lipinski definition) is 1. The summed E-state index contributed by atoms with van der Waals surface area (Å²) in [6.07, 6.45) is 1.82. The zero-order chi connectivity index (χ0) is 14.8. The summed E-state index contributed by atoms with van der Waals surface area (Å²) in [7, 11) is 1.95. The van der Waals surface area contributed by atoms with Crippen LogP contribution < -0.4 is 10.1 Å². The summed E-state index contributed by atoms with van der Waals surface area (Å²) >= 11 is 12.4. The third-order valence-electron chi connectivity index (χ3n) is 3.96. The van der Waals surface area contributed by atoms with Crippen molar-refractivity contribution in [1.82, 2.24) is 5.32 Å². The highest BCUT2D eigenvalue weighted by atomic mass is 35.5. The highest BCUT2D eigenvalue weighted by Crippen LogP contribution is 2.32. The number of para-hydroxylation sites is 1. The lowest BCUT2D eigenvalue weighted by Crippen LogP contribution is -2.42. The van der Waals surface area contributed by atoms with Gasteiger partial charge in [0.25, 0.3) is 0 Å². The molecule has 0 saturated heterocycles.